The highest BCUT2D eigenvalue weighted by molar-refractivity contribution is 5.29. The largest absolute Gasteiger partial charge is 0.489 e. The summed E-state index contributed by atoms with van der Waals surface area (Å²) in [5.41, 5.74) is 5.35. The maximum absolute atomic E-state index is 5.99. The number of benzene rings is 2. The zero-order valence-corrected chi connectivity index (χ0v) is 18.3. The van der Waals surface area contributed by atoms with E-state index >= 15 is 0 Å². The van der Waals surface area contributed by atoms with E-state index in [0.717, 1.165) is 18.2 Å². The third-order valence-corrected chi connectivity index (χ3v) is 7.71. The molecule has 4 saturated carbocycles. The molecule has 4 aliphatic carbocycles. The molecule has 29 heavy (non-hydrogen) atoms. The molecule has 2 aromatic carbocycles. The monoisotopic (exact) mass is 389 g/mol. The minimum absolute atomic E-state index is 0.364. The topological polar surface area (TPSA) is 21.3 Å². The zero-order valence-electron chi connectivity index (χ0n) is 18.3. The van der Waals surface area contributed by atoms with E-state index in [1.54, 1.807) is 0 Å². The zero-order chi connectivity index (χ0) is 20.1. The van der Waals surface area contributed by atoms with E-state index in [4.69, 9.17) is 4.74 Å². The quantitative estimate of drug-likeness (QED) is 0.616. The van der Waals surface area contributed by atoms with Crippen LogP contribution in [0.4, 0.5) is 0 Å². The minimum Gasteiger partial charge on any atom is -0.489 e. The highest BCUT2D eigenvalue weighted by Crippen LogP contribution is 2.66. The van der Waals surface area contributed by atoms with E-state index in [0.29, 0.717) is 23.0 Å². The molecule has 0 radical (unpaired) electrons. The van der Waals surface area contributed by atoms with Crippen molar-refractivity contribution in [2.45, 2.75) is 78.0 Å². The normalized spacial score (nSPS) is 35.1. The molecule has 2 heteroatoms. The van der Waals surface area contributed by atoms with Crippen LogP contribution in [0.5, 0.6) is 5.75 Å². The molecular formula is C27H35NO. The van der Waals surface area contributed by atoms with Gasteiger partial charge < -0.3 is 10.1 Å². The number of hydrogen-bond donors (Lipinski definition) is 1. The Morgan fingerprint density at radius 1 is 0.897 bits per heavy atom. The molecule has 0 heterocycles. The molecule has 0 spiro atoms. The van der Waals surface area contributed by atoms with E-state index in [2.05, 4.69) is 74.6 Å². The maximum atomic E-state index is 5.99. The summed E-state index contributed by atoms with van der Waals surface area (Å²) in [5, 5.41) is 4.04. The summed E-state index contributed by atoms with van der Waals surface area (Å²) in [4.78, 5) is 0. The molecule has 4 aliphatic rings. The van der Waals surface area contributed by atoms with Crippen molar-refractivity contribution in [2.24, 2.45) is 16.7 Å². The Morgan fingerprint density at radius 3 is 2.28 bits per heavy atom. The van der Waals surface area contributed by atoms with Crippen molar-refractivity contribution in [1.29, 1.82) is 0 Å². The predicted octanol–water partition coefficient (Wildman–Crippen LogP) is 6.41. The van der Waals surface area contributed by atoms with E-state index < -0.39 is 0 Å². The molecule has 2 unspecified atom stereocenters. The van der Waals surface area contributed by atoms with Gasteiger partial charge in [-0.1, -0.05) is 55.8 Å². The van der Waals surface area contributed by atoms with Crippen LogP contribution in [0.2, 0.25) is 0 Å². The van der Waals surface area contributed by atoms with Gasteiger partial charge in [0.1, 0.15) is 12.4 Å². The Bertz CT molecular complexity index is 868. The first-order valence-corrected chi connectivity index (χ1v) is 11.4. The van der Waals surface area contributed by atoms with Crippen LogP contribution in [0.1, 0.15) is 69.1 Å². The van der Waals surface area contributed by atoms with Gasteiger partial charge in [0.2, 0.25) is 0 Å². The standard InChI is InChI=1S/C27H35NO/c1-20-5-4-6-22(11-20)16-29-24-9-7-21(8-10-24)15-28-27-14-23-12-25(2,18-27)17-26(3,13-23)19-27/h4-11,23,28H,12-19H2,1-3H3. The molecule has 0 aliphatic heterocycles. The van der Waals surface area contributed by atoms with Gasteiger partial charge in [0.25, 0.3) is 0 Å². The molecule has 2 aromatic rings. The van der Waals surface area contributed by atoms with Gasteiger partial charge >= 0.3 is 0 Å². The smallest absolute Gasteiger partial charge is 0.119 e. The number of rotatable bonds is 6. The Kier molecular flexibility index (Phi) is 4.55. The molecule has 4 bridgehead atoms. The summed E-state index contributed by atoms with van der Waals surface area (Å²) in [6.45, 7) is 8.81. The second-order valence-corrected chi connectivity index (χ2v) is 11.2. The van der Waals surface area contributed by atoms with E-state index in [1.807, 2.05) is 0 Å². The van der Waals surface area contributed by atoms with Crippen LogP contribution >= 0.6 is 0 Å². The SMILES string of the molecule is Cc1cccc(COc2ccc(CNC34CC5CC(C)(CC(C)(C5)C3)C4)cc2)c1. The summed E-state index contributed by atoms with van der Waals surface area (Å²) >= 11 is 0. The molecule has 4 fully saturated rings. The lowest BCUT2D eigenvalue weighted by atomic mass is 9.43. The average Bonchev–Trinajstić information content (AvgIpc) is 2.63. The van der Waals surface area contributed by atoms with Crippen molar-refractivity contribution in [2.75, 3.05) is 0 Å². The highest BCUT2D eigenvalue weighted by Gasteiger charge is 2.59. The Hall–Kier alpha value is -1.80. The molecular weight excluding hydrogens is 354 g/mol. The van der Waals surface area contributed by atoms with Crippen LogP contribution in [-0.2, 0) is 13.2 Å². The van der Waals surface area contributed by atoms with Crippen LogP contribution < -0.4 is 10.1 Å². The van der Waals surface area contributed by atoms with Crippen molar-refractivity contribution in [3.8, 4) is 5.75 Å². The Balaban J connectivity index is 1.20. The Morgan fingerprint density at radius 2 is 1.62 bits per heavy atom. The van der Waals surface area contributed by atoms with Crippen molar-refractivity contribution >= 4 is 0 Å². The first kappa shape index (κ1) is 19.2. The molecule has 154 valence electrons. The second kappa shape index (κ2) is 6.87. The number of nitrogens with one attached hydrogen (secondary N) is 1. The second-order valence-electron chi connectivity index (χ2n) is 11.2. The third-order valence-electron chi connectivity index (χ3n) is 7.71. The van der Waals surface area contributed by atoms with Crippen molar-refractivity contribution in [3.05, 3.63) is 65.2 Å². The molecule has 1 N–H and O–H groups in total. The van der Waals surface area contributed by atoms with Crippen LogP contribution in [0.15, 0.2) is 48.5 Å². The van der Waals surface area contributed by atoms with Crippen molar-refractivity contribution < 1.29 is 4.74 Å². The van der Waals surface area contributed by atoms with Gasteiger partial charge in [0.15, 0.2) is 0 Å². The van der Waals surface area contributed by atoms with Gasteiger partial charge in [0.05, 0.1) is 0 Å². The molecule has 0 aromatic heterocycles. The van der Waals surface area contributed by atoms with Crippen molar-refractivity contribution in [3.63, 3.8) is 0 Å². The fourth-order valence-electron chi connectivity index (χ4n) is 7.61. The third kappa shape index (κ3) is 3.97. The van der Waals surface area contributed by atoms with Crippen LogP contribution in [0.25, 0.3) is 0 Å². The number of hydrogen-bond acceptors (Lipinski definition) is 2. The van der Waals surface area contributed by atoms with Gasteiger partial charge in [-0.2, -0.15) is 0 Å². The lowest BCUT2D eigenvalue weighted by Crippen LogP contribution is -2.63. The number of ether oxygens (including phenoxy) is 1. The minimum atomic E-state index is 0.364. The molecule has 2 atom stereocenters. The van der Waals surface area contributed by atoms with Gasteiger partial charge in [-0.15, -0.1) is 0 Å². The fourth-order valence-corrected chi connectivity index (χ4v) is 7.61. The van der Waals surface area contributed by atoms with Gasteiger partial charge in [-0.25, -0.2) is 0 Å². The lowest BCUT2D eigenvalue weighted by Gasteiger charge is -2.65. The van der Waals surface area contributed by atoms with Gasteiger partial charge in [-0.3, -0.25) is 0 Å². The summed E-state index contributed by atoms with van der Waals surface area (Å²) < 4.78 is 5.99. The fraction of sp³-hybridized carbons (Fsp3) is 0.556. The highest BCUT2D eigenvalue weighted by atomic mass is 16.5. The summed E-state index contributed by atoms with van der Waals surface area (Å²) in [6, 6.07) is 17.2. The maximum Gasteiger partial charge on any atom is 0.119 e. The van der Waals surface area contributed by atoms with Gasteiger partial charge in [0, 0.05) is 12.1 Å². The molecule has 6 rings (SSSR count). The van der Waals surface area contributed by atoms with E-state index in [-0.39, 0.29) is 0 Å². The lowest BCUT2D eigenvalue weighted by molar-refractivity contribution is -0.118. The first-order valence-electron chi connectivity index (χ1n) is 11.4. The van der Waals surface area contributed by atoms with E-state index in [9.17, 15) is 0 Å². The molecule has 0 saturated heterocycles. The van der Waals surface area contributed by atoms with Crippen LogP contribution in [-0.4, -0.2) is 5.54 Å². The average molecular weight is 390 g/mol. The van der Waals surface area contributed by atoms with E-state index in [1.165, 1.54) is 55.2 Å². The first-order chi connectivity index (χ1) is 13.8. The van der Waals surface area contributed by atoms with Crippen molar-refractivity contribution in [1.82, 2.24) is 5.32 Å². The Labute approximate surface area is 176 Å². The van der Waals surface area contributed by atoms with Gasteiger partial charge in [-0.05, 0) is 85.5 Å². The summed E-state index contributed by atoms with van der Waals surface area (Å²) in [5.74, 6) is 1.89. The summed E-state index contributed by atoms with van der Waals surface area (Å²) in [6.07, 6.45) is 8.47. The van der Waals surface area contributed by atoms with Crippen LogP contribution in [0, 0.1) is 23.7 Å². The van der Waals surface area contributed by atoms with Crippen LogP contribution in [0.3, 0.4) is 0 Å². The predicted molar refractivity (Wildman–Crippen MR) is 119 cm³/mol. The molecule has 2 nitrogen and oxygen atoms in total. The summed E-state index contributed by atoms with van der Waals surface area (Å²) in [7, 11) is 0. The number of aryl methyl sites for hydroxylation is 1. The molecule has 0 amide bonds.